The maximum absolute atomic E-state index is 13.6. The predicted molar refractivity (Wildman–Crippen MR) is 134 cm³/mol. The Morgan fingerprint density at radius 2 is 1.73 bits per heavy atom. The number of benzene rings is 2. The predicted octanol–water partition coefficient (Wildman–Crippen LogP) is 5.19. The molecule has 6 nitrogen and oxygen atoms in total. The molecule has 0 spiro atoms. The third-order valence-corrected chi connectivity index (χ3v) is 6.70. The Morgan fingerprint density at radius 3 is 2.24 bits per heavy atom. The molecule has 0 heterocycles. The highest BCUT2D eigenvalue weighted by Crippen LogP contribution is 2.30. The number of hydrogen-bond acceptors (Lipinski definition) is 4. The summed E-state index contributed by atoms with van der Waals surface area (Å²) in [5, 5.41) is 3.07. The first-order chi connectivity index (χ1) is 15.7. The standard InChI is InChI=1S/C27H37N3O3/c1-18(2)19(3)30(27(32)21-10-13-24(33-6)14-11-21)17-22-16-23(12-15-25(22)29(4)5)28-26(31)20-8-7-9-20/h10-16,18-20H,7-9,17H2,1-6H3,(H,28,31)/t19-/m0/s1. The Morgan fingerprint density at radius 1 is 1.06 bits per heavy atom. The number of ether oxygens (including phenoxy) is 1. The molecule has 0 aliphatic heterocycles. The van der Waals surface area contributed by atoms with Crippen LogP contribution in [0, 0.1) is 11.8 Å². The molecule has 1 N–H and O–H groups in total. The van der Waals surface area contributed by atoms with E-state index in [0.29, 0.717) is 12.1 Å². The average molecular weight is 452 g/mol. The molecule has 0 aromatic heterocycles. The first-order valence-electron chi connectivity index (χ1n) is 11.8. The number of carbonyl (C=O) groups is 2. The van der Waals surface area contributed by atoms with Crippen LogP contribution in [0.2, 0.25) is 0 Å². The van der Waals surface area contributed by atoms with Crippen LogP contribution < -0.4 is 15.0 Å². The zero-order valence-electron chi connectivity index (χ0n) is 20.7. The lowest BCUT2D eigenvalue weighted by Gasteiger charge is -2.33. The maximum atomic E-state index is 13.6. The van der Waals surface area contributed by atoms with Gasteiger partial charge in [-0.05, 0) is 73.7 Å². The minimum Gasteiger partial charge on any atom is -0.497 e. The van der Waals surface area contributed by atoms with Crippen LogP contribution in [-0.4, -0.2) is 44.0 Å². The lowest BCUT2D eigenvalue weighted by Crippen LogP contribution is -2.41. The molecule has 0 saturated heterocycles. The summed E-state index contributed by atoms with van der Waals surface area (Å²) >= 11 is 0. The number of nitrogens with zero attached hydrogens (tertiary/aromatic N) is 2. The molecule has 1 atom stereocenters. The van der Waals surface area contributed by atoms with E-state index in [-0.39, 0.29) is 29.7 Å². The quantitative estimate of drug-likeness (QED) is 0.570. The maximum Gasteiger partial charge on any atom is 0.254 e. The van der Waals surface area contributed by atoms with Crippen molar-refractivity contribution in [3.63, 3.8) is 0 Å². The second-order valence-corrected chi connectivity index (χ2v) is 9.50. The zero-order chi connectivity index (χ0) is 24.1. The van der Waals surface area contributed by atoms with Crippen molar-refractivity contribution >= 4 is 23.2 Å². The van der Waals surface area contributed by atoms with Crippen molar-refractivity contribution in [2.45, 2.75) is 52.6 Å². The lowest BCUT2D eigenvalue weighted by atomic mass is 9.85. The van der Waals surface area contributed by atoms with E-state index in [2.05, 4.69) is 26.1 Å². The Labute approximate surface area is 197 Å². The van der Waals surface area contributed by atoms with Gasteiger partial charge in [-0.2, -0.15) is 0 Å². The first-order valence-corrected chi connectivity index (χ1v) is 11.8. The third-order valence-electron chi connectivity index (χ3n) is 6.70. The van der Waals surface area contributed by atoms with E-state index >= 15 is 0 Å². The molecule has 33 heavy (non-hydrogen) atoms. The van der Waals surface area contributed by atoms with Gasteiger partial charge >= 0.3 is 0 Å². The molecule has 1 fully saturated rings. The number of amides is 2. The Kier molecular flexibility index (Phi) is 8.01. The van der Waals surface area contributed by atoms with E-state index in [0.717, 1.165) is 42.0 Å². The Bertz CT molecular complexity index is 965. The Hall–Kier alpha value is -3.02. The number of nitrogens with one attached hydrogen (secondary N) is 1. The molecule has 0 radical (unpaired) electrons. The van der Waals surface area contributed by atoms with E-state index in [4.69, 9.17) is 4.74 Å². The lowest BCUT2D eigenvalue weighted by molar-refractivity contribution is -0.122. The van der Waals surface area contributed by atoms with Crippen LogP contribution in [-0.2, 0) is 11.3 Å². The fourth-order valence-electron chi connectivity index (χ4n) is 3.98. The van der Waals surface area contributed by atoms with Crippen LogP contribution in [0.5, 0.6) is 5.75 Å². The molecule has 1 aliphatic carbocycles. The molecule has 2 aromatic rings. The molecule has 3 rings (SSSR count). The minimum absolute atomic E-state index is 0.0209. The monoisotopic (exact) mass is 451 g/mol. The topological polar surface area (TPSA) is 61.9 Å². The molecule has 178 valence electrons. The fourth-order valence-corrected chi connectivity index (χ4v) is 3.98. The normalized spacial score (nSPS) is 14.4. The number of rotatable bonds is 9. The van der Waals surface area contributed by atoms with Crippen molar-refractivity contribution in [1.29, 1.82) is 0 Å². The summed E-state index contributed by atoms with van der Waals surface area (Å²) in [6, 6.07) is 13.2. The molecular formula is C27H37N3O3. The highest BCUT2D eigenvalue weighted by atomic mass is 16.5. The van der Waals surface area contributed by atoms with Crippen LogP contribution >= 0.6 is 0 Å². The smallest absolute Gasteiger partial charge is 0.254 e. The third kappa shape index (κ3) is 5.86. The molecule has 1 saturated carbocycles. The van der Waals surface area contributed by atoms with Crippen LogP contribution in [0.1, 0.15) is 56.0 Å². The summed E-state index contributed by atoms with van der Waals surface area (Å²) in [7, 11) is 5.60. The first kappa shape index (κ1) is 24.6. The second kappa shape index (κ2) is 10.7. The van der Waals surface area contributed by atoms with Crippen molar-refractivity contribution in [2.24, 2.45) is 11.8 Å². The van der Waals surface area contributed by atoms with Crippen molar-refractivity contribution in [3.05, 3.63) is 53.6 Å². The minimum atomic E-state index is -0.0209. The molecule has 0 unspecified atom stereocenters. The Balaban J connectivity index is 1.91. The highest BCUT2D eigenvalue weighted by Gasteiger charge is 2.27. The van der Waals surface area contributed by atoms with Crippen LogP contribution in [0.3, 0.4) is 0 Å². The zero-order valence-corrected chi connectivity index (χ0v) is 20.7. The molecule has 2 amide bonds. The van der Waals surface area contributed by atoms with Gasteiger partial charge < -0.3 is 19.9 Å². The van der Waals surface area contributed by atoms with Crippen molar-refractivity contribution in [2.75, 3.05) is 31.4 Å². The van der Waals surface area contributed by atoms with Gasteiger partial charge in [-0.1, -0.05) is 20.3 Å². The van der Waals surface area contributed by atoms with E-state index in [1.807, 2.05) is 66.4 Å². The summed E-state index contributed by atoms with van der Waals surface area (Å²) < 4.78 is 5.24. The van der Waals surface area contributed by atoms with E-state index in [9.17, 15) is 9.59 Å². The molecule has 2 aromatic carbocycles. The van der Waals surface area contributed by atoms with Gasteiger partial charge in [0.25, 0.3) is 5.91 Å². The number of carbonyl (C=O) groups excluding carboxylic acids is 2. The van der Waals surface area contributed by atoms with Gasteiger partial charge in [0.2, 0.25) is 5.91 Å². The van der Waals surface area contributed by atoms with Crippen LogP contribution in [0.15, 0.2) is 42.5 Å². The van der Waals surface area contributed by atoms with E-state index in [1.165, 1.54) is 0 Å². The number of hydrogen-bond donors (Lipinski definition) is 1. The fraction of sp³-hybridized carbons (Fsp3) is 0.481. The van der Waals surface area contributed by atoms with E-state index < -0.39 is 0 Å². The summed E-state index contributed by atoms with van der Waals surface area (Å²) in [5.41, 5.74) is 3.44. The van der Waals surface area contributed by atoms with E-state index in [1.54, 1.807) is 7.11 Å². The average Bonchev–Trinajstić information content (AvgIpc) is 2.75. The van der Waals surface area contributed by atoms with Gasteiger partial charge in [-0.15, -0.1) is 0 Å². The van der Waals surface area contributed by atoms with Gasteiger partial charge in [0, 0.05) is 49.5 Å². The van der Waals surface area contributed by atoms with Crippen LogP contribution in [0.25, 0.3) is 0 Å². The van der Waals surface area contributed by atoms with Crippen molar-refractivity contribution in [1.82, 2.24) is 4.90 Å². The molecule has 0 bridgehead atoms. The van der Waals surface area contributed by atoms with Gasteiger partial charge in [0.15, 0.2) is 0 Å². The molecule has 6 heteroatoms. The van der Waals surface area contributed by atoms with Gasteiger partial charge in [-0.3, -0.25) is 9.59 Å². The molecule has 1 aliphatic rings. The summed E-state index contributed by atoms with van der Waals surface area (Å²) in [4.78, 5) is 30.0. The van der Waals surface area contributed by atoms with Gasteiger partial charge in [0.1, 0.15) is 5.75 Å². The summed E-state index contributed by atoms with van der Waals surface area (Å²) in [6.45, 7) is 6.79. The summed E-state index contributed by atoms with van der Waals surface area (Å²) in [5.74, 6) is 1.20. The van der Waals surface area contributed by atoms with Crippen LogP contribution in [0.4, 0.5) is 11.4 Å². The molecular weight excluding hydrogens is 414 g/mol. The largest absolute Gasteiger partial charge is 0.497 e. The van der Waals surface area contributed by atoms with Gasteiger partial charge in [0.05, 0.1) is 7.11 Å². The van der Waals surface area contributed by atoms with Crippen molar-refractivity contribution < 1.29 is 14.3 Å². The summed E-state index contributed by atoms with van der Waals surface area (Å²) in [6.07, 6.45) is 3.05. The number of anilines is 2. The van der Waals surface area contributed by atoms with Crippen molar-refractivity contribution in [3.8, 4) is 5.75 Å². The second-order valence-electron chi connectivity index (χ2n) is 9.50. The van der Waals surface area contributed by atoms with Gasteiger partial charge in [-0.25, -0.2) is 0 Å². The number of methoxy groups -OCH3 is 1. The SMILES string of the molecule is COc1ccc(C(=O)N(Cc2cc(NC(=O)C3CCC3)ccc2N(C)C)[C@@H](C)C(C)C)cc1. The highest BCUT2D eigenvalue weighted by molar-refractivity contribution is 5.95.